The molecule has 9 heteroatoms. The third-order valence-electron chi connectivity index (χ3n) is 5.44. The van der Waals surface area contributed by atoms with Crippen LogP contribution in [-0.4, -0.2) is 62.8 Å². The molecule has 0 unspecified atom stereocenters. The molecule has 1 atom stereocenters. The van der Waals surface area contributed by atoms with Crippen molar-refractivity contribution in [2.24, 2.45) is 0 Å². The summed E-state index contributed by atoms with van der Waals surface area (Å²) in [5, 5.41) is 2.63. The lowest BCUT2D eigenvalue weighted by molar-refractivity contribution is -0.119. The van der Waals surface area contributed by atoms with Gasteiger partial charge in [-0.2, -0.15) is 0 Å². The van der Waals surface area contributed by atoms with Crippen molar-refractivity contribution in [3.63, 3.8) is 0 Å². The van der Waals surface area contributed by atoms with Crippen LogP contribution in [0.4, 0.5) is 26.2 Å². The fourth-order valence-electron chi connectivity index (χ4n) is 3.86. The van der Waals surface area contributed by atoms with Gasteiger partial charge in [0, 0.05) is 38.8 Å². The zero-order valence-corrected chi connectivity index (χ0v) is 17.4. The lowest BCUT2D eigenvalue weighted by Crippen LogP contribution is -2.46. The van der Waals surface area contributed by atoms with Crippen LogP contribution < -0.4 is 20.0 Å². The van der Waals surface area contributed by atoms with Crippen LogP contribution in [0.3, 0.4) is 0 Å². The number of nitrogens with zero attached hydrogens (tertiary/aromatic N) is 3. The molecule has 2 amide bonds. The number of hydrogen-bond donors (Lipinski definition) is 1. The lowest BCUT2D eigenvalue weighted by Gasteiger charge is -2.37. The van der Waals surface area contributed by atoms with Crippen molar-refractivity contribution in [3.8, 4) is 0 Å². The molecule has 4 rings (SSSR count). The SMILES string of the molecule is CC(=O)NC[C@H]1CN(c2ccc(N3CCN(c4ccccc4)CC3)c(F)c2)C(=O)O1.O. The van der Waals surface area contributed by atoms with Gasteiger partial charge in [-0.1, -0.05) is 18.2 Å². The van der Waals surface area contributed by atoms with Crippen molar-refractivity contribution < 1.29 is 24.2 Å². The van der Waals surface area contributed by atoms with Crippen molar-refractivity contribution in [3.05, 3.63) is 54.3 Å². The van der Waals surface area contributed by atoms with Gasteiger partial charge in [-0.05, 0) is 30.3 Å². The average molecular weight is 430 g/mol. The summed E-state index contributed by atoms with van der Waals surface area (Å²) in [4.78, 5) is 28.9. The van der Waals surface area contributed by atoms with Crippen LogP contribution in [0.1, 0.15) is 6.92 Å². The molecule has 2 aliphatic heterocycles. The molecule has 2 aromatic carbocycles. The molecular weight excluding hydrogens is 403 g/mol. The highest BCUT2D eigenvalue weighted by atomic mass is 19.1. The first-order chi connectivity index (χ1) is 14.5. The predicted octanol–water partition coefficient (Wildman–Crippen LogP) is 1.79. The number of benzene rings is 2. The minimum Gasteiger partial charge on any atom is -0.442 e. The summed E-state index contributed by atoms with van der Waals surface area (Å²) >= 11 is 0. The van der Waals surface area contributed by atoms with E-state index in [1.807, 2.05) is 23.1 Å². The number of carbonyl (C=O) groups is 2. The van der Waals surface area contributed by atoms with E-state index in [9.17, 15) is 14.0 Å². The number of nitrogens with one attached hydrogen (secondary N) is 1. The molecule has 2 fully saturated rings. The predicted molar refractivity (Wildman–Crippen MR) is 117 cm³/mol. The highest BCUT2D eigenvalue weighted by Gasteiger charge is 2.33. The average Bonchev–Trinajstić information content (AvgIpc) is 3.13. The summed E-state index contributed by atoms with van der Waals surface area (Å²) in [7, 11) is 0. The third-order valence-corrected chi connectivity index (χ3v) is 5.44. The monoisotopic (exact) mass is 430 g/mol. The number of piperazine rings is 1. The van der Waals surface area contributed by atoms with Gasteiger partial charge in [0.1, 0.15) is 11.9 Å². The van der Waals surface area contributed by atoms with Gasteiger partial charge in [-0.25, -0.2) is 9.18 Å². The van der Waals surface area contributed by atoms with Crippen molar-refractivity contribution in [1.82, 2.24) is 5.32 Å². The smallest absolute Gasteiger partial charge is 0.414 e. The van der Waals surface area contributed by atoms with Gasteiger partial charge < -0.3 is 25.3 Å². The van der Waals surface area contributed by atoms with Crippen LogP contribution in [-0.2, 0) is 9.53 Å². The summed E-state index contributed by atoms with van der Waals surface area (Å²) < 4.78 is 20.1. The van der Waals surface area contributed by atoms with Gasteiger partial charge in [-0.3, -0.25) is 9.69 Å². The van der Waals surface area contributed by atoms with Gasteiger partial charge in [0.25, 0.3) is 0 Å². The van der Waals surface area contributed by atoms with E-state index in [-0.39, 0.29) is 30.3 Å². The second kappa shape index (κ2) is 9.65. The molecule has 3 N–H and O–H groups in total. The number of carbonyl (C=O) groups excluding carboxylic acids is 2. The maximum atomic E-state index is 14.9. The summed E-state index contributed by atoms with van der Waals surface area (Å²) in [6, 6.07) is 15.0. The molecule has 0 saturated carbocycles. The largest absolute Gasteiger partial charge is 0.442 e. The van der Waals surface area contributed by atoms with Gasteiger partial charge in [-0.15, -0.1) is 0 Å². The molecule has 0 aliphatic carbocycles. The van der Waals surface area contributed by atoms with Crippen LogP contribution in [0, 0.1) is 5.82 Å². The standard InChI is InChI=1S/C22H25FN4O3.H2O/c1-16(28)24-14-19-15-27(22(29)30-19)18-7-8-21(20(23)13-18)26-11-9-25(10-12-26)17-5-3-2-4-6-17;/h2-8,13,19H,9-12,14-15H2,1H3,(H,24,28);1H2/t19-;/m0./s1. The maximum absolute atomic E-state index is 14.9. The Morgan fingerprint density at radius 2 is 1.74 bits per heavy atom. The summed E-state index contributed by atoms with van der Waals surface area (Å²) in [6.07, 6.45) is -0.982. The number of ether oxygens (including phenoxy) is 1. The van der Waals surface area contributed by atoms with E-state index in [4.69, 9.17) is 4.74 Å². The normalized spacial score (nSPS) is 18.5. The molecule has 2 saturated heterocycles. The highest BCUT2D eigenvalue weighted by molar-refractivity contribution is 5.90. The first-order valence-electron chi connectivity index (χ1n) is 10.1. The first kappa shape index (κ1) is 22.4. The Labute approximate surface area is 180 Å². The van der Waals surface area contributed by atoms with E-state index in [0.29, 0.717) is 11.4 Å². The van der Waals surface area contributed by atoms with Crippen LogP contribution in [0.2, 0.25) is 0 Å². The van der Waals surface area contributed by atoms with Crippen LogP contribution >= 0.6 is 0 Å². The number of hydrogen-bond acceptors (Lipinski definition) is 5. The minimum absolute atomic E-state index is 0. The molecule has 2 aromatic rings. The van der Waals surface area contributed by atoms with Crippen molar-refractivity contribution in [2.75, 3.05) is 54.0 Å². The minimum atomic E-state index is -0.533. The van der Waals surface area contributed by atoms with Gasteiger partial charge in [0.2, 0.25) is 5.91 Å². The Morgan fingerprint density at radius 3 is 2.39 bits per heavy atom. The van der Waals surface area contributed by atoms with Crippen LogP contribution in [0.5, 0.6) is 0 Å². The Morgan fingerprint density at radius 1 is 1.06 bits per heavy atom. The van der Waals surface area contributed by atoms with E-state index >= 15 is 0 Å². The van der Waals surface area contributed by atoms with Gasteiger partial charge in [0.15, 0.2) is 0 Å². The van der Waals surface area contributed by atoms with E-state index in [0.717, 1.165) is 26.2 Å². The Bertz CT molecular complexity index is 919. The fraction of sp³-hybridized carbons (Fsp3) is 0.364. The number of anilines is 3. The fourth-order valence-corrected chi connectivity index (χ4v) is 3.86. The maximum Gasteiger partial charge on any atom is 0.414 e. The molecule has 2 aliphatic rings. The highest BCUT2D eigenvalue weighted by Crippen LogP contribution is 2.29. The summed E-state index contributed by atoms with van der Waals surface area (Å²) in [5.41, 5.74) is 2.16. The topological polar surface area (TPSA) is 96.6 Å². The van der Waals surface area contributed by atoms with Crippen LogP contribution in [0.15, 0.2) is 48.5 Å². The molecule has 31 heavy (non-hydrogen) atoms. The quantitative estimate of drug-likeness (QED) is 0.780. The number of amides is 2. The van der Waals surface area contributed by atoms with E-state index in [1.165, 1.54) is 23.6 Å². The molecule has 0 bridgehead atoms. The van der Waals surface area contributed by atoms with E-state index in [1.54, 1.807) is 12.1 Å². The van der Waals surface area contributed by atoms with Gasteiger partial charge in [0.05, 0.1) is 24.5 Å². The molecule has 8 nitrogen and oxygen atoms in total. The zero-order chi connectivity index (χ0) is 21.1. The zero-order valence-electron chi connectivity index (χ0n) is 17.4. The number of cyclic esters (lactones) is 1. The second-order valence-electron chi connectivity index (χ2n) is 7.50. The van der Waals surface area contributed by atoms with E-state index in [2.05, 4.69) is 22.3 Å². The number of rotatable bonds is 5. The summed E-state index contributed by atoms with van der Waals surface area (Å²) in [5.74, 6) is -0.550. The molecular formula is C22H27FN4O4. The van der Waals surface area contributed by atoms with Gasteiger partial charge >= 0.3 is 6.09 Å². The molecule has 0 aromatic heterocycles. The Hall–Kier alpha value is -3.33. The number of para-hydroxylation sites is 1. The van der Waals surface area contributed by atoms with Crippen molar-refractivity contribution >= 4 is 29.1 Å². The second-order valence-corrected chi connectivity index (χ2v) is 7.50. The van der Waals surface area contributed by atoms with Crippen LogP contribution in [0.25, 0.3) is 0 Å². The van der Waals surface area contributed by atoms with Crippen molar-refractivity contribution in [2.45, 2.75) is 13.0 Å². The number of halogens is 1. The van der Waals surface area contributed by atoms with Crippen molar-refractivity contribution in [1.29, 1.82) is 0 Å². The molecule has 2 heterocycles. The molecule has 166 valence electrons. The summed E-state index contributed by atoms with van der Waals surface area (Å²) in [6.45, 7) is 4.98. The lowest BCUT2D eigenvalue weighted by atomic mass is 10.2. The third kappa shape index (κ3) is 5.05. The molecule has 0 spiro atoms. The Balaban J connectivity index is 0.00000272. The molecule has 0 radical (unpaired) electrons. The van der Waals surface area contributed by atoms with E-state index < -0.39 is 12.2 Å². The Kier molecular flexibility index (Phi) is 6.96. The first-order valence-corrected chi connectivity index (χ1v) is 10.1.